The van der Waals surface area contributed by atoms with Crippen molar-refractivity contribution in [1.29, 1.82) is 0 Å². The van der Waals surface area contributed by atoms with Crippen molar-refractivity contribution in [2.24, 2.45) is 0 Å². The summed E-state index contributed by atoms with van der Waals surface area (Å²) in [6.07, 6.45) is 3.53. The van der Waals surface area contributed by atoms with Gasteiger partial charge >= 0.3 is 0 Å². The van der Waals surface area contributed by atoms with E-state index < -0.39 is 0 Å². The summed E-state index contributed by atoms with van der Waals surface area (Å²) in [4.78, 5) is 0. The van der Waals surface area contributed by atoms with Gasteiger partial charge < -0.3 is 10.1 Å². The Morgan fingerprint density at radius 3 is 2.62 bits per heavy atom. The van der Waals surface area contributed by atoms with Gasteiger partial charge in [-0.3, -0.25) is 0 Å². The maximum absolute atomic E-state index is 5.74. The molecule has 0 aliphatic heterocycles. The first kappa shape index (κ1) is 14.6. The monoisotopic (exact) mass is 345 g/mol. The number of benzene rings is 2. The first-order valence-corrected chi connectivity index (χ1v) is 8.29. The van der Waals surface area contributed by atoms with Crippen molar-refractivity contribution in [2.75, 3.05) is 13.2 Å². The van der Waals surface area contributed by atoms with Crippen LogP contribution in [0.5, 0.6) is 5.75 Å². The average Bonchev–Trinajstić information content (AvgIpc) is 2.53. The summed E-state index contributed by atoms with van der Waals surface area (Å²) in [5, 5.41) is 3.61. The molecule has 0 fully saturated rings. The number of halogens is 1. The SMILES string of the molecule is Brc1ccc(OCCNC2CCc3ccccc3C2)cc1. The van der Waals surface area contributed by atoms with Gasteiger partial charge in [-0.15, -0.1) is 0 Å². The number of aryl methyl sites for hydroxylation is 1. The minimum atomic E-state index is 0.577. The highest BCUT2D eigenvalue weighted by Crippen LogP contribution is 2.21. The van der Waals surface area contributed by atoms with E-state index in [1.807, 2.05) is 24.3 Å². The molecule has 0 heterocycles. The lowest BCUT2D eigenvalue weighted by Crippen LogP contribution is -2.36. The molecule has 1 atom stereocenters. The van der Waals surface area contributed by atoms with Crippen LogP contribution in [-0.2, 0) is 12.8 Å². The molecule has 1 aliphatic rings. The number of rotatable bonds is 5. The summed E-state index contributed by atoms with van der Waals surface area (Å²) in [6, 6.07) is 17.3. The summed E-state index contributed by atoms with van der Waals surface area (Å²) < 4.78 is 6.82. The van der Waals surface area contributed by atoms with Gasteiger partial charge in [0, 0.05) is 17.1 Å². The second-order valence-electron chi connectivity index (χ2n) is 5.46. The number of ether oxygens (including phenoxy) is 1. The molecule has 110 valence electrons. The van der Waals surface area contributed by atoms with E-state index in [2.05, 4.69) is 45.5 Å². The Balaban J connectivity index is 1.41. The largest absolute Gasteiger partial charge is 0.492 e. The van der Waals surface area contributed by atoms with E-state index in [-0.39, 0.29) is 0 Å². The van der Waals surface area contributed by atoms with Crippen LogP contribution < -0.4 is 10.1 Å². The van der Waals surface area contributed by atoms with Crippen LogP contribution in [0.4, 0.5) is 0 Å². The van der Waals surface area contributed by atoms with Crippen molar-refractivity contribution in [1.82, 2.24) is 5.32 Å². The molecule has 21 heavy (non-hydrogen) atoms. The summed E-state index contributed by atoms with van der Waals surface area (Å²) in [7, 11) is 0. The molecule has 3 heteroatoms. The van der Waals surface area contributed by atoms with E-state index in [9.17, 15) is 0 Å². The van der Waals surface area contributed by atoms with Crippen LogP contribution in [0.25, 0.3) is 0 Å². The lowest BCUT2D eigenvalue weighted by Gasteiger charge is -2.25. The fraction of sp³-hybridized carbons (Fsp3) is 0.333. The van der Waals surface area contributed by atoms with Crippen LogP contribution in [0.2, 0.25) is 0 Å². The topological polar surface area (TPSA) is 21.3 Å². The van der Waals surface area contributed by atoms with Crippen molar-refractivity contribution in [3.05, 3.63) is 64.1 Å². The Hall–Kier alpha value is -1.32. The zero-order chi connectivity index (χ0) is 14.5. The highest BCUT2D eigenvalue weighted by atomic mass is 79.9. The molecule has 0 bridgehead atoms. The lowest BCUT2D eigenvalue weighted by atomic mass is 9.88. The molecule has 0 saturated carbocycles. The molecule has 0 saturated heterocycles. The molecule has 1 aliphatic carbocycles. The van der Waals surface area contributed by atoms with E-state index >= 15 is 0 Å². The Kier molecular flexibility index (Phi) is 4.94. The summed E-state index contributed by atoms with van der Waals surface area (Å²) >= 11 is 3.42. The lowest BCUT2D eigenvalue weighted by molar-refractivity contribution is 0.300. The third kappa shape index (κ3) is 4.08. The van der Waals surface area contributed by atoms with Crippen LogP contribution in [0.3, 0.4) is 0 Å². The first-order valence-electron chi connectivity index (χ1n) is 7.50. The molecule has 2 aromatic rings. The molecular formula is C18H20BrNO. The van der Waals surface area contributed by atoms with E-state index in [0.29, 0.717) is 12.6 Å². The zero-order valence-electron chi connectivity index (χ0n) is 12.0. The summed E-state index contributed by atoms with van der Waals surface area (Å²) in [5.41, 5.74) is 3.01. The van der Waals surface area contributed by atoms with Crippen LogP contribution in [0.1, 0.15) is 17.5 Å². The fourth-order valence-corrected chi connectivity index (χ4v) is 3.10. The predicted molar refractivity (Wildman–Crippen MR) is 89.9 cm³/mol. The smallest absolute Gasteiger partial charge is 0.119 e. The molecule has 1 unspecified atom stereocenters. The quantitative estimate of drug-likeness (QED) is 0.827. The van der Waals surface area contributed by atoms with Gasteiger partial charge in [-0.2, -0.15) is 0 Å². The summed E-state index contributed by atoms with van der Waals surface area (Å²) in [5.74, 6) is 0.925. The van der Waals surface area contributed by atoms with Crippen molar-refractivity contribution in [3.63, 3.8) is 0 Å². The zero-order valence-corrected chi connectivity index (χ0v) is 13.6. The highest BCUT2D eigenvalue weighted by Gasteiger charge is 2.17. The van der Waals surface area contributed by atoms with Gasteiger partial charge in [0.25, 0.3) is 0 Å². The van der Waals surface area contributed by atoms with Gasteiger partial charge in [0.2, 0.25) is 0 Å². The molecule has 3 rings (SSSR count). The molecule has 1 N–H and O–H groups in total. The Morgan fingerprint density at radius 2 is 1.81 bits per heavy atom. The van der Waals surface area contributed by atoms with Gasteiger partial charge in [-0.1, -0.05) is 40.2 Å². The second-order valence-corrected chi connectivity index (χ2v) is 6.38. The third-order valence-corrected chi connectivity index (χ3v) is 4.49. The summed E-state index contributed by atoms with van der Waals surface area (Å²) in [6.45, 7) is 1.60. The van der Waals surface area contributed by atoms with Gasteiger partial charge in [0.15, 0.2) is 0 Å². The van der Waals surface area contributed by atoms with E-state index in [4.69, 9.17) is 4.74 Å². The standard InChI is InChI=1S/C18H20BrNO/c19-16-6-9-18(10-7-16)21-12-11-20-17-8-5-14-3-1-2-4-15(14)13-17/h1-4,6-7,9-10,17,20H,5,8,11-13H2. The second kappa shape index (κ2) is 7.10. The maximum Gasteiger partial charge on any atom is 0.119 e. The van der Waals surface area contributed by atoms with Gasteiger partial charge in [-0.05, 0) is 54.7 Å². The molecule has 0 radical (unpaired) electrons. The van der Waals surface area contributed by atoms with Crippen molar-refractivity contribution >= 4 is 15.9 Å². The molecule has 0 spiro atoms. The number of nitrogens with one attached hydrogen (secondary N) is 1. The first-order chi connectivity index (χ1) is 10.3. The molecule has 0 amide bonds. The predicted octanol–water partition coefficient (Wildman–Crippen LogP) is 3.98. The van der Waals surface area contributed by atoms with E-state index in [1.54, 1.807) is 0 Å². The third-order valence-electron chi connectivity index (χ3n) is 3.96. The normalized spacial score (nSPS) is 17.3. The van der Waals surface area contributed by atoms with E-state index in [0.717, 1.165) is 23.2 Å². The van der Waals surface area contributed by atoms with E-state index in [1.165, 1.54) is 24.0 Å². The van der Waals surface area contributed by atoms with Gasteiger partial charge in [0.05, 0.1) is 0 Å². The Morgan fingerprint density at radius 1 is 1.05 bits per heavy atom. The fourth-order valence-electron chi connectivity index (χ4n) is 2.83. The Bertz CT molecular complexity index is 582. The number of hydrogen-bond donors (Lipinski definition) is 1. The minimum absolute atomic E-state index is 0.577. The molecule has 0 aromatic heterocycles. The minimum Gasteiger partial charge on any atom is -0.492 e. The molecule has 2 nitrogen and oxygen atoms in total. The van der Waals surface area contributed by atoms with Crippen molar-refractivity contribution in [2.45, 2.75) is 25.3 Å². The van der Waals surface area contributed by atoms with Crippen LogP contribution in [0.15, 0.2) is 53.0 Å². The number of fused-ring (bicyclic) bond motifs is 1. The van der Waals surface area contributed by atoms with Gasteiger partial charge in [0.1, 0.15) is 12.4 Å². The van der Waals surface area contributed by atoms with Crippen molar-refractivity contribution < 1.29 is 4.74 Å². The van der Waals surface area contributed by atoms with Crippen LogP contribution in [-0.4, -0.2) is 19.2 Å². The molecule has 2 aromatic carbocycles. The Labute approximate surface area is 134 Å². The number of hydrogen-bond acceptors (Lipinski definition) is 2. The van der Waals surface area contributed by atoms with Crippen LogP contribution in [0, 0.1) is 0 Å². The highest BCUT2D eigenvalue weighted by molar-refractivity contribution is 9.10. The maximum atomic E-state index is 5.74. The van der Waals surface area contributed by atoms with Crippen LogP contribution >= 0.6 is 15.9 Å². The average molecular weight is 346 g/mol. The van der Waals surface area contributed by atoms with Crippen molar-refractivity contribution in [3.8, 4) is 5.75 Å². The molecular weight excluding hydrogens is 326 g/mol. The van der Waals surface area contributed by atoms with Gasteiger partial charge in [-0.25, -0.2) is 0 Å².